The van der Waals surface area contributed by atoms with Crippen LogP contribution in [0.1, 0.15) is 5.69 Å². The Morgan fingerprint density at radius 3 is 2.88 bits per heavy atom. The maximum Gasteiger partial charge on any atom is 0.110 e. The quantitative estimate of drug-likeness (QED) is 0.600. The van der Waals surface area contributed by atoms with Gasteiger partial charge < -0.3 is 5.11 Å². The van der Waals surface area contributed by atoms with E-state index in [1.807, 2.05) is 0 Å². The van der Waals surface area contributed by atoms with Crippen LogP contribution < -0.4 is 0 Å². The average molecular weight is 133 g/mol. The van der Waals surface area contributed by atoms with Crippen molar-refractivity contribution in [3.8, 4) is 0 Å². The van der Waals surface area contributed by atoms with E-state index in [0.29, 0.717) is 5.69 Å². The number of halogens is 1. The molecule has 0 spiro atoms. The second kappa shape index (κ2) is 2.15. The van der Waals surface area contributed by atoms with Crippen molar-refractivity contribution in [3.05, 3.63) is 18.2 Å². The first-order valence-corrected chi connectivity index (χ1v) is 2.46. The minimum Gasteiger partial charge on any atom is -0.390 e. The molecule has 0 aliphatic rings. The van der Waals surface area contributed by atoms with E-state index in [1.54, 1.807) is 6.20 Å². The van der Waals surface area contributed by atoms with Crippen molar-refractivity contribution in [3.63, 3.8) is 0 Å². The second-order valence-corrected chi connectivity index (χ2v) is 1.76. The largest absolute Gasteiger partial charge is 0.390 e. The van der Waals surface area contributed by atoms with Gasteiger partial charge in [0.05, 0.1) is 12.3 Å². The fraction of sp³-hybridized carbons (Fsp3) is 0.250. The van der Waals surface area contributed by atoms with E-state index in [0.717, 1.165) is 0 Å². The van der Waals surface area contributed by atoms with Crippen LogP contribution in [-0.2, 0) is 6.61 Å². The molecule has 44 valence electrons. The molecule has 1 aromatic heterocycles. The molecule has 0 fully saturated rings. The Labute approximate surface area is 51.6 Å². The molecule has 1 rings (SSSR count). The molecule has 0 bridgehead atoms. The molecular formula is C4H5ClN2O. The minimum atomic E-state index is -0.0558. The summed E-state index contributed by atoms with van der Waals surface area (Å²) in [5.41, 5.74) is 0.583. The lowest BCUT2D eigenvalue weighted by Crippen LogP contribution is -1.78. The van der Waals surface area contributed by atoms with Gasteiger partial charge in [-0.2, -0.15) is 0 Å². The Morgan fingerprint density at radius 2 is 2.62 bits per heavy atom. The number of aromatic nitrogens is 2. The predicted octanol–water partition coefficient (Wildman–Crippen LogP) is 0.377. The van der Waals surface area contributed by atoms with Gasteiger partial charge >= 0.3 is 0 Å². The Balaban J connectivity index is 2.84. The lowest BCUT2D eigenvalue weighted by Gasteiger charge is -1.79. The van der Waals surface area contributed by atoms with Crippen molar-refractivity contribution >= 4 is 11.8 Å². The Bertz CT molecular complexity index is 174. The summed E-state index contributed by atoms with van der Waals surface area (Å²) in [6.45, 7) is -0.0558. The molecule has 3 nitrogen and oxygen atoms in total. The summed E-state index contributed by atoms with van der Waals surface area (Å²) in [4.78, 5) is 3.72. The molecule has 0 aliphatic carbocycles. The predicted molar refractivity (Wildman–Crippen MR) is 29.4 cm³/mol. The van der Waals surface area contributed by atoms with E-state index in [1.165, 1.54) is 10.4 Å². The lowest BCUT2D eigenvalue weighted by atomic mass is 10.5. The Hall–Kier alpha value is -0.540. The van der Waals surface area contributed by atoms with E-state index in [4.69, 9.17) is 16.9 Å². The highest BCUT2D eigenvalue weighted by atomic mass is 35.5. The van der Waals surface area contributed by atoms with E-state index < -0.39 is 0 Å². The topological polar surface area (TPSA) is 38.0 Å². The van der Waals surface area contributed by atoms with Crippen LogP contribution in [0, 0.1) is 0 Å². The third-order valence-corrected chi connectivity index (χ3v) is 0.953. The molecule has 0 atom stereocenters. The van der Waals surface area contributed by atoms with Crippen LogP contribution in [0.5, 0.6) is 0 Å². The summed E-state index contributed by atoms with van der Waals surface area (Å²) in [6, 6.07) is 0. The van der Waals surface area contributed by atoms with Gasteiger partial charge in [-0.1, -0.05) is 0 Å². The third kappa shape index (κ3) is 0.993. The highest BCUT2D eigenvalue weighted by Gasteiger charge is 1.90. The molecule has 8 heavy (non-hydrogen) atoms. The molecule has 0 unspecified atom stereocenters. The van der Waals surface area contributed by atoms with Crippen LogP contribution in [0.15, 0.2) is 12.5 Å². The number of nitrogens with zero attached hydrogens (tertiary/aromatic N) is 2. The van der Waals surface area contributed by atoms with Crippen molar-refractivity contribution in [1.82, 2.24) is 9.07 Å². The fourth-order valence-corrected chi connectivity index (χ4v) is 0.576. The molecule has 0 radical (unpaired) electrons. The molecule has 0 saturated carbocycles. The van der Waals surface area contributed by atoms with Crippen molar-refractivity contribution < 1.29 is 5.11 Å². The molecule has 1 N–H and O–H groups in total. The summed E-state index contributed by atoms with van der Waals surface area (Å²) >= 11 is 5.38. The smallest absolute Gasteiger partial charge is 0.110 e. The first-order valence-electron chi connectivity index (χ1n) is 2.13. The van der Waals surface area contributed by atoms with Crippen molar-refractivity contribution in [2.24, 2.45) is 0 Å². The molecule has 0 aliphatic heterocycles. The van der Waals surface area contributed by atoms with Gasteiger partial charge in [0.25, 0.3) is 0 Å². The van der Waals surface area contributed by atoms with Crippen molar-refractivity contribution in [2.75, 3.05) is 0 Å². The normalized spacial score (nSPS) is 9.75. The maximum atomic E-state index is 8.42. The molecular weight excluding hydrogens is 128 g/mol. The van der Waals surface area contributed by atoms with Crippen LogP contribution in [0.3, 0.4) is 0 Å². The number of aliphatic hydroxyl groups excluding tert-OH is 1. The summed E-state index contributed by atoms with van der Waals surface area (Å²) < 4.78 is 1.27. The van der Waals surface area contributed by atoms with Crippen LogP contribution >= 0.6 is 11.8 Å². The van der Waals surface area contributed by atoms with E-state index in [9.17, 15) is 0 Å². The van der Waals surface area contributed by atoms with Gasteiger partial charge in [-0.3, -0.25) is 0 Å². The molecule has 0 saturated heterocycles. The number of rotatable bonds is 1. The van der Waals surface area contributed by atoms with Crippen LogP contribution in [0.4, 0.5) is 0 Å². The first kappa shape index (κ1) is 5.59. The van der Waals surface area contributed by atoms with Gasteiger partial charge in [0, 0.05) is 18.0 Å². The van der Waals surface area contributed by atoms with Gasteiger partial charge in [0.15, 0.2) is 0 Å². The standard InChI is InChI=1S/C4H5ClN2O/c5-7-1-4(2-8)6-3-7/h1,3,8H,2H2. The van der Waals surface area contributed by atoms with Crippen LogP contribution in [0.25, 0.3) is 0 Å². The van der Waals surface area contributed by atoms with Gasteiger partial charge in [-0.05, 0) is 0 Å². The summed E-state index contributed by atoms with van der Waals surface area (Å²) in [7, 11) is 0. The summed E-state index contributed by atoms with van der Waals surface area (Å²) in [5, 5.41) is 8.42. The number of hydrogen-bond acceptors (Lipinski definition) is 2. The van der Waals surface area contributed by atoms with Gasteiger partial charge in [-0.15, -0.1) is 0 Å². The van der Waals surface area contributed by atoms with Gasteiger partial charge in [0.1, 0.15) is 6.33 Å². The van der Waals surface area contributed by atoms with E-state index in [2.05, 4.69) is 4.98 Å². The molecule has 1 heterocycles. The zero-order valence-electron chi connectivity index (χ0n) is 4.08. The van der Waals surface area contributed by atoms with E-state index >= 15 is 0 Å². The minimum absolute atomic E-state index is 0.0558. The summed E-state index contributed by atoms with van der Waals surface area (Å²) in [6.07, 6.45) is 2.97. The number of aliphatic hydroxyl groups is 1. The SMILES string of the molecule is OCc1cn(Cl)cn1. The zero-order chi connectivity index (χ0) is 5.98. The van der Waals surface area contributed by atoms with Crippen LogP contribution in [0.2, 0.25) is 0 Å². The Morgan fingerprint density at radius 1 is 1.88 bits per heavy atom. The monoisotopic (exact) mass is 132 g/mol. The van der Waals surface area contributed by atoms with Gasteiger partial charge in [-0.25, -0.2) is 9.07 Å². The zero-order valence-corrected chi connectivity index (χ0v) is 4.84. The van der Waals surface area contributed by atoms with Crippen molar-refractivity contribution in [2.45, 2.75) is 6.61 Å². The van der Waals surface area contributed by atoms with Gasteiger partial charge in [0.2, 0.25) is 0 Å². The van der Waals surface area contributed by atoms with E-state index in [-0.39, 0.29) is 6.61 Å². The average Bonchev–Trinajstić information content (AvgIpc) is 2.14. The fourth-order valence-electron chi connectivity index (χ4n) is 0.420. The van der Waals surface area contributed by atoms with Crippen molar-refractivity contribution in [1.29, 1.82) is 0 Å². The number of imidazole rings is 1. The maximum absolute atomic E-state index is 8.42. The highest BCUT2D eigenvalue weighted by Crippen LogP contribution is 1.95. The molecule has 0 aromatic carbocycles. The summed E-state index contributed by atoms with van der Waals surface area (Å²) in [5.74, 6) is 0. The first-order chi connectivity index (χ1) is 3.83. The third-order valence-electron chi connectivity index (χ3n) is 0.768. The molecule has 1 aromatic rings. The Kier molecular flexibility index (Phi) is 1.50. The second-order valence-electron chi connectivity index (χ2n) is 1.37. The molecule has 4 heteroatoms. The lowest BCUT2D eigenvalue weighted by molar-refractivity contribution is 0.277. The molecule has 0 amide bonds. The highest BCUT2D eigenvalue weighted by molar-refractivity contribution is 6.15. The van der Waals surface area contributed by atoms with Crippen LogP contribution in [-0.4, -0.2) is 14.2 Å². The number of hydrogen-bond donors (Lipinski definition) is 1.